The Hall–Kier alpha value is -1.65. The SMILES string of the molecule is O=C(O)[N+]1(C2=CC(O)c3ccccc32)CCCCCC1. The summed E-state index contributed by atoms with van der Waals surface area (Å²) < 4.78 is -0.0337. The van der Waals surface area contributed by atoms with Crippen LogP contribution in [0.1, 0.15) is 42.9 Å². The molecule has 1 atom stereocenters. The van der Waals surface area contributed by atoms with Gasteiger partial charge in [0.25, 0.3) is 0 Å². The van der Waals surface area contributed by atoms with E-state index in [2.05, 4.69) is 0 Å². The number of quaternary nitrogens is 1. The molecule has 1 heterocycles. The molecule has 1 aromatic rings. The molecule has 20 heavy (non-hydrogen) atoms. The van der Waals surface area contributed by atoms with Crippen molar-refractivity contribution in [1.82, 2.24) is 0 Å². The Morgan fingerprint density at radius 2 is 1.75 bits per heavy atom. The van der Waals surface area contributed by atoms with Crippen molar-refractivity contribution < 1.29 is 19.5 Å². The first-order chi connectivity index (χ1) is 9.65. The molecule has 1 aliphatic heterocycles. The molecule has 4 heteroatoms. The summed E-state index contributed by atoms with van der Waals surface area (Å²) in [5, 5.41) is 20.0. The lowest BCUT2D eigenvalue weighted by atomic mass is 10.1. The zero-order valence-electron chi connectivity index (χ0n) is 11.5. The van der Waals surface area contributed by atoms with Gasteiger partial charge in [0.1, 0.15) is 11.8 Å². The van der Waals surface area contributed by atoms with Crippen molar-refractivity contribution in [3.05, 3.63) is 41.5 Å². The van der Waals surface area contributed by atoms with Crippen LogP contribution >= 0.6 is 0 Å². The van der Waals surface area contributed by atoms with Crippen LogP contribution in [0.3, 0.4) is 0 Å². The third-order valence-electron chi connectivity index (χ3n) is 4.53. The summed E-state index contributed by atoms with van der Waals surface area (Å²) in [6.07, 6.45) is 4.25. The minimum absolute atomic E-state index is 0.0337. The Labute approximate surface area is 118 Å². The summed E-state index contributed by atoms with van der Waals surface area (Å²) >= 11 is 0. The normalized spacial score (nSPS) is 24.6. The number of aliphatic hydroxyl groups is 1. The second-order valence-corrected chi connectivity index (χ2v) is 5.70. The van der Waals surface area contributed by atoms with Gasteiger partial charge in [-0.2, -0.15) is 9.28 Å². The van der Waals surface area contributed by atoms with Gasteiger partial charge in [-0.05, 0) is 37.3 Å². The number of carboxylic acid groups (broad SMARTS) is 1. The molecule has 1 aromatic carbocycles. The summed E-state index contributed by atoms with van der Waals surface area (Å²) in [6, 6.07) is 7.58. The lowest BCUT2D eigenvalue weighted by Gasteiger charge is -2.32. The van der Waals surface area contributed by atoms with Crippen LogP contribution in [0.25, 0.3) is 5.70 Å². The Morgan fingerprint density at radius 1 is 1.10 bits per heavy atom. The number of hydrogen-bond donors (Lipinski definition) is 2. The van der Waals surface area contributed by atoms with Gasteiger partial charge in [-0.3, -0.25) is 0 Å². The van der Waals surface area contributed by atoms with E-state index >= 15 is 0 Å². The smallest absolute Gasteiger partial charge is 0.435 e. The lowest BCUT2D eigenvalue weighted by molar-refractivity contribution is -0.784. The number of carbonyl (C=O) groups is 1. The van der Waals surface area contributed by atoms with E-state index in [1.54, 1.807) is 6.08 Å². The van der Waals surface area contributed by atoms with E-state index in [1.807, 2.05) is 24.3 Å². The highest BCUT2D eigenvalue weighted by Crippen LogP contribution is 2.41. The monoisotopic (exact) mass is 274 g/mol. The van der Waals surface area contributed by atoms with Crippen LogP contribution in [-0.4, -0.2) is 33.9 Å². The average Bonchev–Trinajstić information content (AvgIpc) is 2.65. The van der Waals surface area contributed by atoms with Crippen molar-refractivity contribution >= 4 is 11.8 Å². The number of rotatable bonds is 1. The van der Waals surface area contributed by atoms with Crippen LogP contribution in [0.15, 0.2) is 30.3 Å². The third-order valence-corrected chi connectivity index (χ3v) is 4.53. The fourth-order valence-electron chi connectivity index (χ4n) is 3.45. The first-order valence-corrected chi connectivity index (χ1v) is 7.25. The van der Waals surface area contributed by atoms with Crippen molar-refractivity contribution in [2.75, 3.05) is 13.1 Å². The molecule has 1 aliphatic carbocycles. The fraction of sp³-hybridized carbons (Fsp3) is 0.438. The van der Waals surface area contributed by atoms with Gasteiger partial charge in [0.2, 0.25) is 0 Å². The molecule has 0 radical (unpaired) electrons. The minimum Gasteiger partial charge on any atom is -0.435 e. The zero-order valence-corrected chi connectivity index (χ0v) is 11.5. The molecule has 2 aliphatic rings. The molecule has 0 spiro atoms. The largest absolute Gasteiger partial charge is 0.518 e. The van der Waals surface area contributed by atoms with Crippen molar-refractivity contribution in [2.45, 2.75) is 31.8 Å². The van der Waals surface area contributed by atoms with Gasteiger partial charge in [0.15, 0.2) is 0 Å². The Kier molecular flexibility index (Phi) is 3.36. The van der Waals surface area contributed by atoms with Gasteiger partial charge in [0, 0.05) is 11.6 Å². The Balaban J connectivity index is 2.09. The molecule has 2 N–H and O–H groups in total. The fourth-order valence-corrected chi connectivity index (χ4v) is 3.45. The van der Waals surface area contributed by atoms with Gasteiger partial charge in [-0.25, -0.2) is 0 Å². The summed E-state index contributed by atoms with van der Waals surface area (Å²) in [6.45, 7) is 1.23. The first-order valence-electron chi connectivity index (χ1n) is 7.25. The van der Waals surface area contributed by atoms with Crippen molar-refractivity contribution in [3.63, 3.8) is 0 Å². The summed E-state index contributed by atoms with van der Waals surface area (Å²) in [5.41, 5.74) is 2.48. The maximum absolute atomic E-state index is 12.0. The number of aliphatic hydroxyl groups excluding tert-OH is 1. The number of benzene rings is 1. The molecule has 3 rings (SSSR count). The van der Waals surface area contributed by atoms with E-state index in [0.717, 1.165) is 42.5 Å². The summed E-state index contributed by atoms with van der Waals surface area (Å²) in [5.74, 6) is 0. The van der Waals surface area contributed by atoms with Crippen molar-refractivity contribution in [1.29, 1.82) is 0 Å². The van der Waals surface area contributed by atoms with Gasteiger partial charge < -0.3 is 10.2 Å². The highest BCUT2D eigenvalue weighted by atomic mass is 16.4. The maximum atomic E-state index is 12.0. The second kappa shape index (κ2) is 5.04. The Morgan fingerprint density at radius 3 is 2.40 bits per heavy atom. The first kappa shape index (κ1) is 13.3. The predicted octanol–water partition coefficient (Wildman–Crippen LogP) is 3.14. The predicted molar refractivity (Wildman–Crippen MR) is 75.9 cm³/mol. The molecule has 0 saturated carbocycles. The van der Waals surface area contributed by atoms with Gasteiger partial charge in [0.05, 0.1) is 13.1 Å². The quantitative estimate of drug-likeness (QED) is 0.773. The molecule has 0 bridgehead atoms. The summed E-state index contributed by atoms with van der Waals surface area (Å²) in [4.78, 5) is 12.0. The van der Waals surface area contributed by atoms with Gasteiger partial charge in [-0.1, -0.05) is 18.2 Å². The van der Waals surface area contributed by atoms with E-state index in [9.17, 15) is 15.0 Å². The number of hydrogen-bond acceptors (Lipinski definition) is 2. The average molecular weight is 274 g/mol. The molecule has 106 valence electrons. The molecule has 1 unspecified atom stereocenters. The summed E-state index contributed by atoms with van der Waals surface area (Å²) in [7, 11) is 0. The van der Waals surface area contributed by atoms with E-state index in [-0.39, 0.29) is 4.48 Å². The highest BCUT2D eigenvalue weighted by molar-refractivity contribution is 5.76. The van der Waals surface area contributed by atoms with E-state index in [0.29, 0.717) is 13.1 Å². The van der Waals surface area contributed by atoms with Crippen LogP contribution in [-0.2, 0) is 0 Å². The standard InChI is InChI=1S/C16H19NO3/c18-15-11-14(12-7-3-4-8-13(12)15)17(16(19)20)9-5-1-2-6-10-17/h3-4,7-8,11,15,18H,1-2,5-6,9-10H2/p+1. The van der Waals surface area contributed by atoms with Gasteiger partial charge >= 0.3 is 6.09 Å². The number of nitrogens with zero attached hydrogens (tertiary/aromatic N) is 1. The molecular formula is C16H20NO3+. The van der Waals surface area contributed by atoms with Crippen LogP contribution in [0.2, 0.25) is 0 Å². The minimum atomic E-state index is -0.804. The van der Waals surface area contributed by atoms with E-state index in [1.165, 1.54) is 0 Å². The number of amides is 1. The topological polar surface area (TPSA) is 57.5 Å². The molecule has 0 aromatic heterocycles. The van der Waals surface area contributed by atoms with Crippen LogP contribution in [0.5, 0.6) is 0 Å². The van der Waals surface area contributed by atoms with Crippen molar-refractivity contribution in [3.8, 4) is 0 Å². The van der Waals surface area contributed by atoms with Crippen LogP contribution in [0, 0.1) is 0 Å². The van der Waals surface area contributed by atoms with E-state index < -0.39 is 12.2 Å². The highest BCUT2D eigenvalue weighted by Gasteiger charge is 2.45. The second-order valence-electron chi connectivity index (χ2n) is 5.70. The lowest BCUT2D eigenvalue weighted by Crippen LogP contribution is -2.50. The molecule has 1 fully saturated rings. The molecule has 1 saturated heterocycles. The van der Waals surface area contributed by atoms with Crippen LogP contribution < -0.4 is 0 Å². The molecular weight excluding hydrogens is 254 g/mol. The zero-order chi connectivity index (χ0) is 14.2. The van der Waals surface area contributed by atoms with E-state index in [4.69, 9.17) is 0 Å². The molecule has 4 nitrogen and oxygen atoms in total. The van der Waals surface area contributed by atoms with Crippen molar-refractivity contribution in [2.24, 2.45) is 0 Å². The van der Waals surface area contributed by atoms with Crippen LogP contribution in [0.4, 0.5) is 4.79 Å². The number of likely N-dealkylation sites (tertiary alicyclic amines) is 1. The molecule has 1 amide bonds. The number of fused-ring (bicyclic) bond motifs is 1. The maximum Gasteiger partial charge on any atom is 0.518 e. The Bertz CT molecular complexity index is 557. The van der Waals surface area contributed by atoms with Gasteiger partial charge in [-0.15, -0.1) is 0 Å². The third kappa shape index (κ3) is 1.96.